The van der Waals surface area contributed by atoms with E-state index in [1.807, 2.05) is 0 Å². The number of aliphatic hydroxyl groups is 1. The van der Waals surface area contributed by atoms with Crippen molar-refractivity contribution in [1.29, 1.82) is 0 Å². The lowest BCUT2D eigenvalue weighted by molar-refractivity contribution is -0.235. The standard InChI is InChI=1S/C8H13F2NO/c9-8(10)3-7(4-8)5(2-12)1-6(7)11/h5-6,12H,1-4,11H2. The Bertz CT molecular complexity index is 199. The van der Waals surface area contributed by atoms with Crippen LogP contribution >= 0.6 is 0 Å². The number of aliphatic hydroxyl groups excluding tert-OH is 1. The minimum absolute atomic E-state index is 0.00375. The van der Waals surface area contributed by atoms with E-state index in [9.17, 15) is 8.78 Å². The van der Waals surface area contributed by atoms with Gasteiger partial charge in [0.05, 0.1) is 0 Å². The van der Waals surface area contributed by atoms with E-state index in [1.165, 1.54) is 0 Å². The molecule has 0 saturated heterocycles. The van der Waals surface area contributed by atoms with Crippen molar-refractivity contribution in [3.8, 4) is 0 Å². The first kappa shape index (κ1) is 8.38. The molecule has 4 heteroatoms. The second kappa shape index (κ2) is 2.17. The zero-order valence-corrected chi connectivity index (χ0v) is 6.76. The molecule has 2 aliphatic carbocycles. The number of nitrogens with two attached hydrogens (primary N) is 1. The normalized spacial score (nSPS) is 42.0. The van der Waals surface area contributed by atoms with Gasteiger partial charge in [0.15, 0.2) is 0 Å². The molecule has 0 bridgehead atoms. The molecular weight excluding hydrogens is 164 g/mol. The molecule has 2 aliphatic rings. The summed E-state index contributed by atoms with van der Waals surface area (Å²) in [6.45, 7) is 0.00375. The van der Waals surface area contributed by atoms with Crippen molar-refractivity contribution in [2.45, 2.75) is 31.2 Å². The van der Waals surface area contributed by atoms with Crippen LogP contribution in [0.1, 0.15) is 19.3 Å². The van der Waals surface area contributed by atoms with Gasteiger partial charge >= 0.3 is 0 Å². The van der Waals surface area contributed by atoms with E-state index in [0.717, 1.165) is 0 Å². The Morgan fingerprint density at radius 1 is 1.42 bits per heavy atom. The second-order valence-electron chi connectivity index (χ2n) is 4.16. The van der Waals surface area contributed by atoms with Crippen molar-refractivity contribution in [1.82, 2.24) is 0 Å². The molecule has 2 nitrogen and oxygen atoms in total. The molecule has 0 heterocycles. The highest BCUT2D eigenvalue weighted by molar-refractivity contribution is 5.14. The summed E-state index contributed by atoms with van der Waals surface area (Å²) in [6.07, 6.45) is 0.464. The third-order valence-corrected chi connectivity index (χ3v) is 3.49. The first-order chi connectivity index (χ1) is 5.50. The van der Waals surface area contributed by atoms with Gasteiger partial charge in [-0.3, -0.25) is 0 Å². The largest absolute Gasteiger partial charge is 0.396 e. The SMILES string of the molecule is NC1CC(CO)C12CC(F)(F)C2. The Kier molecular flexibility index (Phi) is 1.52. The Labute approximate surface area is 69.7 Å². The van der Waals surface area contributed by atoms with Crippen LogP contribution in [-0.4, -0.2) is 23.7 Å². The van der Waals surface area contributed by atoms with Crippen LogP contribution in [-0.2, 0) is 0 Å². The lowest BCUT2D eigenvalue weighted by Crippen LogP contribution is -2.68. The van der Waals surface area contributed by atoms with Gasteiger partial charge in [-0.15, -0.1) is 0 Å². The van der Waals surface area contributed by atoms with Crippen LogP contribution in [0.25, 0.3) is 0 Å². The predicted octanol–water partition coefficient (Wildman–Crippen LogP) is 0.741. The topological polar surface area (TPSA) is 46.2 Å². The first-order valence-electron chi connectivity index (χ1n) is 4.24. The van der Waals surface area contributed by atoms with E-state index in [2.05, 4.69) is 0 Å². The van der Waals surface area contributed by atoms with Crippen molar-refractivity contribution in [3.63, 3.8) is 0 Å². The Balaban J connectivity index is 2.04. The molecule has 2 saturated carbocycles. The molecular formula is C8H13F2NO. The number of hydrogen-bond acceptors (Lipinski definition) is 2. The average molecular weight is 177 g/mol. The van der Waals surface area contributed by atoms with Gasteiger partial charge in [-0.1, -0.05) is 0 Å². The summed E-state index contributed by atoms with van der Waals surface area (Å²) in [6, 6.07) is -0.116. The van der Waals surface area contributed by atoms with Crippen molar-refractivity contribution in [2.75, 3.05) is 6.61 Å². The zero-order chi connectivity index (χ0) is 8.98. The number of alkyl halides is 2. The minimum Gasteiger partial charge on any atom is -0.396 e. The van der Waals surface area contributed by atoms with Gasteiger partial charge in [0.1, 0.15) is 0 Å². The lowest BCUT2D eigenvalue weighted by atomic mass is 9.46. The Hall–Kier alpha value is -0.220. The van der Waals surface area contributed by atoms with Gasteiger partial charge in [-0.25, -0.2) is 8.78 Å². The third-order valence-electron chi connectivity index (χ3n) is 3.49. The summed E-state index contributed by atoms with van der Waals surface area (Å²) < 4.78 is 25.2. The monoisotopic (exact) mass is 177 g/mol. The second-order valence-corrected chi connectivity index (χ2v) is 4.16. The van der Waals surface area contributed by atoms with E-state index in [4.69, 9.17) is 10.8 Å². The van der Waals surface area contributed by atoms with Gasteiger partial charge < -0.3 is 10.8 Å². The maximum Gasteiger partial charge on any atom is 0.249 e. The van der Waals surface area contributed by atoms with Crippen LogP contribution in [0.4, 0.5) is 8.78 Å². The first-order valence-corrected chi connectivity index (χ1v) is 4.24. The molecule has 70 valence electrons. The maximum absolute atomic E-state index is 12.6. The molecule has 2 fully saturated rings. The van der Waals surface area contributed by atoms with Gasteiger partial charge in [-0.2, -0.15) is 0 Å². The van der Waals surface area contributed by atoms with Crippen LogP contribution < -0.4 is 5.73 Å². The van der Waals surface area contributed by atoms with Crippen LogP contribution in [0.3, 0.4) is 0 Å². The van der Waals surface area contributed by atoms with E-state index < -0.39 is 11.3 Å². The summed E-state index contributed by atoms with van der Waals surface area (Å²) >= 11 is 0. The molecule has 12 heavy (non-hydrogen) atoms. The van der Waals surface area contributed by atoms with Gasteiger partial charge in [0, 0.05) is 30.9 Å². The molecule has 0 amide bonds. The fraction of sp³-hybridized carbons (Fsp3) is 1.00. The summed E-state index contributed by atoms with van der Waals surface area (Å²) in [5.41, 5.74) is 5.24. The van der Waals surface area contributed by atoms with E-state index in [1.54, 1.807) is 0 Å². The zero-order valence-electron chi connectivity index (χ0n) is 6.76. The number of halogens is 2. The van der Waals surface area contributed by atoms with Crippen molar-refractivity contribution >= 4 is 0 Å². The average Bonchev–Trinajstić information content (AvgIpc) is 1.94. The van der Waals surface area contributed by atoms with Crippen LogP contribution in [0.2, 0.25) is 0 Å². The highest BCUT2D eigenvalue weighted by Crippen LogP contribution is 2.64. The summed E-state index contributed by atoms with van der Waals surface area (Å²) in [5, 5.41) is 8.87. The fourth-order valence-electron chi connectivity index (χ4n) is 2.64. The molecule has 1 spiro atoms. The van der Waals surface area contributed by atoms with E-state index >= 15 is 0 Å². The molecule has 0 aromatic heterocycles. The molecule has 3 N–H and O–H groups in total. The number of hydrogen-bond donors (Lipinski definition) is 2. The number of rotatable bonds is 1. The molecule has 2 rings (SSSR count). The quantitative estimate of drug-likeness (QED) is 0.620. The van der Waals surface area contributed by atoms with Crippen LogP contribution in [0, 0.1) is 11.3 Å². The third kappa shape index (κ3) is 0.850. The predicted molar refractivity (Wildman–Crippen MR) is 39.8 cm³/mol. The highest BCUT2D eigenvalue weighted by atomic mass is 19.3. The summed E-state index contributed by atoms with van der Waals surface area (Å²) in [5.74, 6) is -2.50. The fourth-order valence-corrected chi connectivity index (χ4v) is 2.64. The Morgan fingerprint density at radius 2 is 2.00 bits per heavy atom. The molecule has 2 unspecified atom stereocenters. The van der Waals surface area contributed by atoms with Gasteiger partial charge in [-0.05, 0) is 12.3 Å². The van der Waals surface area contributed by atoms with Crippen molar-refractivity contribution < 1.29 is 13.9 Å². The van der Waals surface area contributed by atoms with E-state index in [-0.39, 0.29) is 31.4 Å². The highest BCUT2D eigenvalue weighted by Gasteiger charge is 2.67. The van der Waals surface area contributed by atoms with Gasteiger partial charge in [0.25, 0.3) is 0 Å². The van der Waals surface area contributed by atoms with E-state index in [0.29, 0.717) is 6.42 Å². The summed E-state index contributed by atoms with van der Waals surface area (Å²) in [7, 11) is 0. The lowest BCUT2D eigenvalue weighted by Gasteiger charge is -2.62. The van der Waals surface area contributed by atoms with Crippen LogP contribution in [0.5, 0.6) is 0 Å². The van der Waals surface area contributed by atoms with Crippen molar-refractivity contribution in [2.24, 2.45) is 17.1 Å². The maximum atomic E-state index is 12.6. The van der Waals surface area contributed by atoms with Crippen LogP contribution in [0.15, 0.2) is 0 Å². The molecule has 0 aromatic carbocycles. The van der Waals surface area contributed by atoms with Crippen molar-refractivity contribution in [3.05, 3.63) is 0 Å². The molecule has 0 aliphatic heterocycles. The molecule has 2 atom stereocenters. The Morgan fingerprint density at radius 3 is 2.33 bits per heavy atom. The minimum atomic E-state index is -2.52. The summed E-state index contributed by atoms with van der Waals surface area (Å²) in [4.78, 5) is 0. The smallest absolute Gasteiger partial charge is 0.249 e. The molecule has 0 radical (unpaired) electrons. The molecule has 0 aromatic rings. The van der Waals surface area contributed by atoms with Gasteiger partial charge in [0.2, 0.25) is 5.92 Å².